The van der Waals surface area contributed by atoms with Crippen LogP contribution in [0.15, 0.2) is 24.8 Å². The number of nitrogens with zero attached hydrogens (tertiary/aromatic N) is 1. The summed E-state index contributed by atoms with van der Waals surface area (Å²) < 4.78 is 25.2. The minimum absolute atomic E-state index is 0.0187. The molecule has 162 valence electrons. The predicted octanol–water partition coefficient (Wildman–Crippen LogP) is 3.34. The Morgan fingerprint density at radius 3 is 2.90 bits per heavy atom. The highest BCUT2D eigenvalue weighted by Crippen LogP contribution is 2.76. The molecule has 6 atom stereocenters. The summed E-state index contributed by atoms with van der Waals surface area (Å²) in [5.41, 5.74) is 2.81. The lowest BCUT2D eigenvalue weighted by atomic mass is 9.35. The van der Waals surface area contributed by atoms with Gasteiger partial charge in [0.05, 0.1) is 20.3 Å². The second-order valence-corrected chi connectivity index (χ2v) is 10.1. The van der Waals surface area contributed by atoms with Gasteiger partial charge in [-0.3, -0.25) is 0 Å². The fraction of sp³-hybridized carbons (Fsp3) is 0.680. The predicted molar refractivity (Wildman–Crippen MR) is 114 cm³/mol. The van der Waals surface area contributed by atoms with Gasteiger partial charge in [-0.2, -0.15) is 0 Å². The summed E-state index contributed by atoms with van der Waals surface area (Å²) in [4.78, 5) is 2.63. The highest BCUT2D eigenvalue weighted by molar-refractivity contribution is 5.63. The zero-order chi connectivity index (χ0) is 20.7. The molecular formula is C25H33NO4. The van der Waals surface area contributed by atoms with Gasteiger partial charge in [0.25, 0.3) is 0 Å². The molecule has 0 amide bonds. The number of hydrogen-bond acceptors (Lipinski definition) is 5. The highest BCUT2D eigenvalue weighted by Gasteiger charge is 2.80. The molecule has 1 aromatic carbocycles. The summed E-state index contributed by atoms with van der Waals surface area (Å²) in [7, 11) is 5.96. The fourth-order valence-corrected chi connectivity index (χ4v) is 8.47. The standard InChI is InChI=1S/C25H33NO4/c1-5-12-29-15-17-14-23-8-9-25(17,28-4)22-24(23)10-11-26(2)19(23)13-16-6-7-18(27-3)21(30-22)20(16)24/h5-7,17,19,22H,1,8-15H2,2-4H3/t17?,19-,22?,23?,24+,25?/m1/s1. The third-order valence-electron chi connectivity index (χ3n) is 9.53. The van der Waals surface area contributed by atoms with Crippen molar-refractivity contribution < 1.29 is 18.9 Å². The lowest BCUT2D eigenvalue weighted by Crippen LogP contribution is -2.81. The van der Waals surface area contributed by atoms with Crippen LogP contribution in [0.1, 0.15) is 36.8 Å². The van der Waals surface area contributed by atoms with Crippen LogP contribution < -0.4 is 9.47 Å². The highest BCUT2D eigenvalue weighted by atomic mass is 16.6. The van der Waals surface area contributed by atoms with Crippen molar-refractivity contribution in [2.45, 2.75) is 55.3 Å². The summed E-state index contributed by atoms with van der Waals surface area (Å²) in [6, 6.07) is 4.93. The molecule has 5 heteroatoms. The van der Waals surface area contributed by atoms with Gasteiger partial charge in [0.1, 0.15) is 11.7 Å². The smallest absolute Gasteiger partial charge is 0.165 e. The van der Waals surface area contributed by atoms with Gasteiger partial charge in [0, 0.05) is 35.5 Å². The van der Waals surface area contributed by atoms with E-state index in [4.69, 9.17) is 18.9 Å². The van der Waals surface area contributed by atoms with Crippen molar-refractivity contribution in [2.75, 3.05) is 41.0 Å². The van der Waals surface area contributed by atoms with Gasteiger partial charge in [-0.15, -0.1) is 6.58 Å². The average molecular weight is 412 g/mol. The maximum absolute atomic E-state index is 6.95. The zero-order valence-electron chi connectivity index (χ0n) is 18.4. The molecule has 4 fully saturated rings. The minimum atomic E-state index is -0.317. The van der Waals surface area contributed by atoms with E-state index in [-0.39, 0.29) is 22.5 Å². The molecule has 1 aromatic rings. The Hall–Kier alpha value is -1.56. The van der Waals surface area contributed by atoms with E-state index in [1.165, 1.54) is 17.5 Å². The molecule has 4 unspecified atom stereocenters. The van der Waals surface area contributed by atoms with Crippen molar-refractivity contribution >= 4 is 0 Å². The molecule has 2 heterocycles. The van der Waals surface area contributed by atoms with Gasteiger partial charge in [-0.05, 0) is 57.3 Å². The minimum Gasteiger partial charge on any atom is -0.493 e. The monoisotopic (exact) mass is 411 g/mol. The second-order valence-electron chi connectivity index (χ2n) is 10.1. The number of likely N-dealkylation sites (tertiary alicyclic amines) is 1. The first-order chi connectivity index (χ1) is 14.6. The third kappa shape index (κ3) is 1.92. The number of rotatable bonds is 6. The number of fused-ring (bicyclic) bond motifs is 2. The van der Waals surface area contributed by atoms with Gasteiger partial charge >= 0.3 is 0 Å². The SMILES string of the molecule is C=CCOCC1CC23CCC1(OC)C1Oc4c(OC)ccc5c4[C@@]12CCN(C)[C@@H]3C5. The molecule has 7 rings (SSSR count). The lowest BCUT2D eigenvalue weighted by molar-refractivity contribution is -0.281. The Morgan fingerprint density at radius 2 is 2.13 bits per heavy atom. The van der Waals surface area contributed by atoms with E-state index in [9.17, 15) is 0 Å². The van der Waals surface area contributed by atoms with Crippen LogP contribution in [0.4, 0.5) is 0 Å². The summed E-state index contributed by atoms with van der Waals surface area (Å²) in [6.45, 7) is 6.22. The first kappa shape index (κ1) is 19.1. The Balaban J connectivity index is 1.58. The average Bonchev–Trinajstić information content (AvgIpc) is 3.13. The quantitative estimate of drug-likeness (QED) is 0.530. The van der Waals surface area contributed by atoms with Crippen molar-refractivity contribution in [1.82, 2.24) is 4.90 Å². The van der Waals surface area contributed by atoms with Crippen LogP contribution in [0.5, 0.6) is 11.5 Å². The van der Waals surface area contributed by atoms with Crippen LogP contribution in [-0.2, 0) is 21.3 Å². The molecule has 0 radical (unpaired) electrons. The largest absolute Gasteiger partial charge is 0.493 e. The van der Waals surface area contributed by atoms with Crippen molar-refractivity contribution in [1.29, 1.82) is 0 Å². The van der Waals surface area contributed by atoms with E-state index in [1.807, 2.05) is 13.2 Å². The van der Waals surface area contributed by atoms with Gasteiger partial charge in [0.15, 0.2) is 11.5 Å². The molecule has 4 bridgehead atoms. The van der Waals surface area contributed by atoms with Crippen LogP contribution in [-0.4, -0.2) is 63.7 Å². The number of methoxy groups -OCH3 is 2. The van der Waals surface area contributed by atoms with Gasteiger partial charge in [0.2, 0.25) is 0 Å². The van der Waals surface area contributed by atoms with Crippen LogP contribution in [0, 0.1) is 11.3 Å². The number of hydrogen-bond donors (Lipinski definition) is 0. The normalized spacial score (nSPS) is 42.6. The van der Waals surface area contributed by atoms with E-state index in [2.05, 4.69) is 30.7 Å². The van der Waals surface area contributed by atoms with Gasteiger partial charge in [-0.1, -0.05) is 12.1 Å². The van der Waals surface area contributed by atoms with Crippen LogP contribution >= 0.6 is 0 Å². The maximum Gasteiger partial charge on any atom is 0.165 e. The molecule has 3 saturated carbocycles. The Morgan fingerprint density at radius 1 is 1.27 bits per heavy atom. The van der Waals surface area contributed by atoms with Crippen molar-refractivity contribution in [3.63, 3.8) is 0 Å². The van der Waals surface area contributed by atoms with Crippen LogP contribution in [0.25, 0.3) is 0 Å². The maximum atomic E-state index is 6.95. The van der Waals surface area contributed by atoms with Crippen LogP contribution in [0.3, 0.4) is 0 Å². The summed E-state index contributed by atoms with van der Waals surface area (Å²) in [5, 5.41) is 0. The molecule has 1 saturated heterocycles. The lowest BCUT2D eigenvalue weighted by Gasteiger charge is -2.73. The Bertz CT molecular complexity index is 901. The molecule has 4 aliphatic carbocycles. The molecular weight excluding hydrogens is 378 g/mol. The number of piperidine rings is 1. The molecule has 5 nitrogen and oxygen atoms in total. The summed E-state index contributed by atoms with van der Waals surface area (Å²) >= 11 is 0. The third-order valence-corrected chi connectivity index (χ3v) is 9.53. The number of benzene rings is 1. The van der Waals surface area contributed by atoms with Crippen molar-refractivity contribution in [2.24, 2.45) is 11.3 Å². The number of likely N-dealkylation sites (N-methyl/N-ethyl adjacent to an activating group) is 1. The van der Waals surface area contributed by atoms with Crippen LogP contribution in [0.2, 0.25) is 0 Å². The molecule has 2 aliphatic heterocycles. The van der Waals surface area contributed by atoms with Gasteiger partial charge in [-0.25, -0.2) is 0 Å². The molecule has 6 aliphatic rings. The first-order valence-corrected chi connectivity index (χ1v) is 11.4. The number of ether oxygens (including phenoxy) is 4. The second kappa shape index (κ2) is 6.24. The van der Waals surface area contributed by atoms with Crippen molar-refractivity contribution in [3.05, 3.63) is 35.9 Å². The summed E-state index contributed by atoms with van der Waals surface area (Å²) in [6.07, 6.45) is 7.46. The van der Waals surface area contributed by atoms with E-state index < -0.39 is 0 Å². The Kier molecular flexibility index (Phi) is 3.98. The molecule has 0 N–H and O–H groups in total. The fourth-order valence-electron chi connectivity index (χ4n) is 8.47. The zero-order valence-corrected chi connectivity index (χ0v) is 18.4. The molecule has 0 aromatic heterocycles. The molecule has 2 spiro atoms. The van der Waals surface area contributed by atoms with E-state index in [0.29, 0.717) is 25.2 Å². The first-order valence-electron chi connectivity index (χ1n) is 11.4. The van der Waals surface area contributed by atoms with Gasteiger partial charge < -0.3 is 23.8 Å². The van der Waals surface area contributed by atoms with E-state index in [1.54, 1.807) is 7.11 Å². The topological polar surface area (TPSA) is 40.2 Å². The van der Waals surface area contributed by atoms with Crippen molar-refractivity contribution in [3.8, 4) is 11.5 Å². The molecule has 30 heavy (non-hydrogen) atoms. The Labute approximate surface area is 179 Å². The van der Waals surface area contributed by atoms with E-state index >= 15 is 0 Å². The van der Waals surface area contributed by atoms with E-state index in [0.717, 1.165) is 43.7 Å². The summed E-state index contributed by atoms with van der Waals surface area (Å²) in [5.74, 6) is 2.18.